The standard InChI is InChI=1S/C23H30N4O5/c1-31-18-4-2-17(3-5-18)26-23(30)27-20-7-6-19(32-21(20)15-28)10-13-25-22(29)14-16-8-11-24-12-9-16/h2-5,8-9,11-12,19-21,28H,6-7,10,13-15H2,1H3,(H,25,29)(H2,26,27,30)/t19-,20+,21+/m0/s1. The molecular formula is C23H30N4O5. The number of aromatic nitrogens is 1. The summed E-state index contributed by atoms with van der Waals surface area (Å²) in [6, 6.07) is 9.99. The van der Waals surface area contributed by atoms with Crippen molar-refractivity contribution in [2.45, 2.75) is 43.9 Å². The predicted octanol–water partition coefficient (Wildman–Crippen LogP) is 1.87. The number of carbonyl (C=O) groups is 2. The molecule has 3 rings (SSSR count). The quantitative estimate of drug-likeness (QED) is 0.470. The number of urea groups is 1. The Labute approximate surface area is 187 Å². The van der Waals surface area contributed by atoms with Crippen molar-refractivity contribution in [3.05, 3.63) is 54.4 Å². The van der Waals surface area contributed by atoms with E-state index in [1.54, 1.807) is 43.8 Å². The first kappa shape index (κ1) is 23.5. The van der Waals surface area contributed by atoms with E-state index >= 15 is 0 Å². The van der Waals surface area contributed by atoms with Crippen LogP contribution in [0.15, 0.2) is 48.8 Å². The molecule has 1 aliphatic rings. The van der Waals surface area contributed by atoms with Gasteiger partial charge in [-0.1, -0.05) is 0 Å². The Bertz CT molecular complexity index is 862. The molecule has 172 valence electrons. The first-order chi connectivity index (χ1) is 15.6. The molecule has 0 unspecified atom stereocenters. The Morgan fingerprint density at radius 3 is 2.59 bits per heavy atom. The van der Waals surface area contributed by atoms with Gasteiger partial charge < -0.3 is 30.5 Å². The molecule has 1 fully saturated rings. The lowest BCUT2D eigenvalue weighted by atomic mass is 9.97. The van der Waals surface area contributed by atoms with Crippen LogP contribution < -0.4 is 20.7 Å². The molecule has 0 radical (unpaired) electrons. The number of methoxy groups -OCH3 is 1. The van der Waals surface area contributed by atoms with Crippen molar-refractivity contribution in [1.29, 1.82) is 0 Å². The molecule has 3 atom stereocenters. The normalized spacial score (nSPS) is 20.2. The zero-order valence-corrected chi connectivity index (χ0v) is 18.1. The average Bonchev–Trinajstić information content (AvgIpc) is 2.81. The van der Waals surface area contributed by atoms with E-state index in [1.165, 1.54) is 0 Å². The zero-order chi connectivity index (χ0) is 22.8. The number of hydrogen-bond acceptors (Lipinski definition) is 6. The summed E-state index contributed by atoms with van der Waals surface area (Å²) in [4.78, 5) is 28.3. The molecule has 1 saturated heterocycles. The van der Waals surface area contributed by atoms with Gasteiger partial charge in [-0.3, -0.25) is 9.78 Å². The van der Waals surface area contributed by atoms with E-state index in [-0.39, 0.29) is 30.7 Å². The zero-order valence-electron chi connectivity index (χ0n) is 18.1. The van der Waals surface area contributed by atoms with Gasteiger partial charge in [0.05, 0.1) is 32.3 Å². The number of rotatable bonds is 9. The second-order valence-electron chi connectivity index (χ2n) is 7.66. The number of pyridine rings is 1. The molecule has 0 spiro atoms. The number of aliphatic hydroxyl groups excluding tert-OH is 1. The van der Waals surface area contributed by atoms with Crippen LogP contribution in [-0.4, -0.2) is 60.5 Å². The number of nitrogens with one attached hydrogen (secondary N) is 3. The Kier molecular flexibility index (Phi) is 8.82. The largest absolute Gasteiger partial charge is 0.497 e. The van der Waals surface area contributed by atoms with Crippen LogP contribution in [-0.2, 0) is 16.0 Å². The van der Waals surface area contributed by atoms with Crippen molar-refractivity contribution < 1.29 is 24.2 Å². The molecule has 1 aromatic heterocycles. The Hall–Kier alpha value is -3.17. The summed E-state index contributed by atoms with van der Waals surface area (Å²) in [7, 11) is 1.58. The highest BCUT2D eigenvalue weighted by Gasteiger charge is 2.31. The summed E-state index contributed by atoms with van der Waals surface area (Å²) in [6.45, 7) is 0.293. The minimum Gasteiger partial charge on any atom is -0.497 e. The Morgan fingerprint density at radius 1 is 1.16 bits per heavy atom. The van der Waals surface area contributed by atoms with Crippen molar-refractivity contribution in [1.82, 2.24) is 15.6 Å². The van der Waals surface area contributed by atoms with Gasteiger partial charge in [-0.15, -0.1) is 0 Å². The number of benzene rings is 1. The highest BCUT2D eigenvalue weighted by atomic mass is 16.5. The van der Waals surface area contributed by atoms with Crippen LogP contribution >= 0.6 is 0 Å². The average molecular weight is 443 g/mol. The first-order valence-electron chi connectivity index (χ1n) is 10.7. The number of amides is 3. The smallest absolute Gasteiger partial charge is 0.319 e. The summed E-state index contributed by atoms with van der Waals surface area (Å²) in [5, 5.41) is 18.3. The van der Waals surface area contributed by atoms with Crippen LogP contribution in [0.5, 0.6) is 5.75 Å². The topological polar surface area (TPSA) is 122 Å². The van der Waals surface area contributed by atoms with Crippen molar-refractivity contribution in [3.8, 4) is 5.75 Å². The molecule has 1 aromatic carbocycles. The third kappa shape index (κ3) is 7.21. The van der Waals surface area contributed by atoms with E-state index in [9.17, 15) is 14.7 Å². The van der Waals surface area contributed by atoms with Gasteiger partial charge >= 0.3 is 6.03 Å². The van der Waals surface area contributed by atoms with Gasteiger partial charge in [-0.2, -0.15) is 0 Å². The van der Waals surface area contributed by atoms with Crippen molar-refractivity contribution in [3.63, 3.8) is 0 Å². The van der Waals surface area contributed by atoms with Gasteiger partial charge in [0.25, 0.3) is 0 Å². The lowest BCUT2D eigenvalue weighted by molar-refractivity contribution is -0.121. The lowest BCUT2D eigenvalue weighted by Gasteiger charge is -2.36. The van der Waals surface area contributed by atoms with E-state index in [4.69, 9.17) is 9.47 Å². The molecule has 4 N–H and O–H groups in total. The number of aliphatic hydroxyl groups is 1. The number of ether oxygens (including phenoxy) is 2. The Morgan fingerprint density at radius 2 is 1.91 bits per heavy atom. The third-order valence-corrected chi connectivity index (χ3v) is 5.36. The third-order valence-electron chi connectivity index (χ3n) is 5.36. The molecule has 1 aliphatic heterocycles. The summed E-state index contributed by atoms with van der Waals surface area (Å²) >= 11 is 0. The predicted molar refractivity (Wildman–Crippen MR) is 119 cm³/mol. The maximum Gasteiger partial charge on any atom is 0.319 e. The molecule has 32 heavy (non-hydrogen) atoms. The summed E-state index contributed by atoms with van der Waals surface area (Å²) in [6.07, 6.45) is 5.09. The van der Waals surface area contributed by atoms with Gasteiger partial charge in [0, 0.05) is 24.6 Å². The fraction of sp³-hybridized carbons (Fsp3) is 0.435. The van der Waals surface area contributed by atoms with Crippen LogP contribution in [0.3, 0.4) is 0 Å². The fourth-order valence-electron chi connectivity index (χ4n) is 3.64. The van der Waals surface area contributed by atoms with Crippen molar-refractivity contribution >= 4 is 17.6 Å². The maximum absolute atomic E-state index is 12.3. The number of hydrogen-bond donors (Lipinski definition) is 4. The lowest BCUT2D eigenvalue weighted by Crippen LogP contribution is -2.52. The molecule has 9 heteroatoms. The van der Waals surface area contributed by atoms with Gasteiger partial charge in [0.1, 0.15) is 11.9 Å². The molecule has 0 bridgehead atoms. The number of carbonyl (C=O) groups excluding carboxylic acids is 2. The molecule has 2 aromatic rings. The van der Waals surface area contributed by atoms with E-state index < -0.39 is 6.10 Å². The number of anilines is 1. The molecule has 9 nitrogen and oxygen atoms in total. The van der Waals surface area contributed by atoms with E-state index in [0.29, 0.717) is 37.2 Å². The molecular weight excluding hydrogens is 412 g/mol. The van der Waals surface area contributed by atoms with Gasteiger partial charge in [-0.05, 0) is 61.2 Å². The first-order valence-corrected chi connectivity index (χ1v) is 10.7. The van der Waals surface area contributed by atoms with Crippen LogP contribution in [0.25, 0.3) is 0 Å². The van der Waals surface area contributed by atoms with Gasteiger partial charge in [0.15, 0.2) is 0 Å². The van der Waals surface area contributed by atoms with Crippen molar-refractivity contribution in [2.75, 3.05) is 25.6 Å². The highest BCUT2D eigenvalue weighted by molar-refractivity contribution is 5.89. The minimum absolute atomic E-state index is 0.0551. The molecule has 2 heterocycles. The minimum atomic E-state index is -0.497. The maximum atomic E-state index is 12.3. The van der Waals surface area contributed by atoms with Gasteiger partial charge in [-0.25, -0.2) is 4.79 Å². The van der Waals surface area contributed by atoms with Crippen LogP contribution in [0.2, 0.25) is 0 Å². The van der Waals surface area contributed by atoms with Crippen LogP contribution in [0.1, 0.15) is 24.8 Å². The summed E-state index contributed by atoms with van der Waals surface area (Å²) in [5.74, 6) is 0.650. The van der Waals surface area contributed by atoms with E-state index in [0.717, 1.165) is 12.0 Å². The molecule has 0 saturated carbocycles. The number of nitrogens with zero attached hydrogens (tertiary/aromatic N) is 1. The van der Waals surface area contributed by atoms with Crippen LogP contribution in [0, 0.1) is 0 Å². The van der Waals surface area contributed by atoms with Crippen molar-refractivity contribution in [2.24, 2.45) is 0 Å². The van der Waals surface area contributed by atoms with Crippen LogP contribution in [0.4, 0.5) is 10.5 Å². The summed E-state index contributed by atoms with van der Waals surface area (Å²) in [5.41, 5.74) is 1.55. The molecule has 0 aliphatic carbocycles. The highest BCUT2D eigenvalue weighted by Crippen LogP contribution is 2.22. The molecule has 3 amide bonds. The Balaban J connectivity index is 1.39. The van der Waals surface area contributed by atoms with E-state index in [1.807, 2.05) is 12.1 Å². The van der Waals surface area contributed by atoms with E-state index in [2.05, 4.69) is 20.9 Å². The monoisotopic (exact) mass is 442 g/mol. The fourth-order valence-corrected chi connectivity index (χ4v) is 3.64. The van der Waals surface area contributed by atoms with Gasteiger partial charge in [0.2, 0.25) is 5.91 Å². The second-order valence-corrected chi connectivity index (χ2v) is 7.66. The summed E-state index contributed by atoms with van der Waals surface area (Å²) < 4.78 is 11.1. The SMILES string of the molecule is COc1ccc(NC(=O)N[C@@H]2CC[C@@H](CCNC(=O)Cc3ccncc3)O[C@@H]2CO)cc1. The second kappa shape index (κ2) is 12.0.